The topological polar surface area (TPSA) is 122 Å². The summed E-state index contributed by atoms with van der Waals surface area (Å²) in [7, 11) is 1.30. The van der Waals surface area contributed by atoms with Gasteiger partial charge in [0.1, 0.15) is 11.3 Å². The van der Waals surface area contributed by atoms with E-state index in [9.17, 15) is 19.7 Å². The minimum Gasteiger partial charge on any atom is -0.496 e. The molecule has 1 aromatic rings. The van der Waals surface area contributed by atoms with Gasteiger partial charge >= 0.3 is 5.97 Å². The molecule has 0 saturated heterocycles. The van der Waals surface area contributed by atoms with Crippen LogP contribution in [0.25, 0.3) is 0 Å². The van der Waals surface area contributed by atoms with Gasteiger partial charge in [-0.05, 0) is 13.0 Å². The molecular formula is C11H12N2O6. The number of methoxy groups -OCH3 is 1. The largest absolute Gasteiger partial charge is 0.496 e. The van der Waals surface area contributed by atoms with Gasteiger partial charge in [-0.15, -0.1) is 0 Å². The third-order valence-electron chi connectivity index (χ3n) is 2.30. The van der Waals surface area contributed by atoms with E-state index >= 15 is 0 Å². The van der Waals surface area contributed by atoms with Crippen LogP contribution in [0.2, 0.25) is 0 Å². The predicted molar refractivity (Wildman–Crippen MR) is 63.7 cm³/mol. The van der Waals surface area contributed by atoms with Gasteiger partial charge in [0, 0.05) is 12.1 Å². The maximum Gasteiger partial charge on any atom is 0.342 e. The van der Waals surface area contributed by atoms with Gasteiger partial charge in [0.25, 0.3) is 11.6 Å². The summed E-state index contributed by atoms with van der Waals surface area (Å²) in [6.45, 7) is 1.30. The van der Waals surface area contributed by atoms with E-state index in [-0.39, 0.29) is 17.0 Å². The summed E-state index contributed by atoms with van der Waals surface area (Å²) in [4.78, 5) is 32.6. The highest BCUT2D eigenvalue weighted by Crippen LogP contribution is 2.25. The van der Waals surface area contributed by atoms with Crippen LogP contribution in [0.4, 0.5) is 5.69 Å². The maximum atomic E-state index is 11.8. The zero-order valence-electron chi connectivity index (χ0n) is 10.3. The van der Waals surface area contributed by atoms with Crippen LogP contribution in [0.1, 0.15) is 17.3 Å². The number of benzene rings is 1. The van der Waals surface area contributed by atoms with Crippen molar-refractivity contribution >= 4 is 17.6 Å². The van der Waals surface area contributed by atoms with Crippen molar-refractivity contribution < 1.29 is 24.0 Å². The summed E-state index contributed by atoms with van der Waals surface area (Å²) in [5.74, 6) is -1.64. The number of nitro groups is 1. The lowest BCUT2D eigenvalue weighted by Crippen LogP contribution is -2.30. The minimum atomic E-state index is -1.14. The number of amides is 1. The van der Waals surface area contributed by atoms with E-state index in [1.54, 1.807) is 0 Å². The van der Waals surface area contributed by atoms with Crippen molar-refractivity contribution in [2.24, 2.45) is 5.73 Å². The highest BCUT2D eigenvalue weighted by molar-refractivity contribution is 5.95. The second-order valence-electron chi connectivity index (χ2n) is 3.59. The van der Waals surface area contributed by atoms with E-state index < -0.39 is 22.9 Å². The number of esters is 1. The van der Waals surface area contributed by atoms with Gasteiger partial charge in [-0.25, -0.2) is 4.79 Å². The molecule has 0 spiro atoms. The quantitative estimate of drug-likeness (QED) is 0.475. The van der Waals surface area contributed by atoms with Crippen molar-refractivity contribution in [3.05, 3.63) is 33.9 Å². The van der Waals surface area contributed by atoms with Crippen LogP contribution < -0.4 is 10.5 Å². The third-order valence-corrected chi connectivity index (χ3v) is 2.30. The maximum absolute atomic E-state index is 11.8. The Morgan fingerprint density at radius 3 is 2.53 bits per heavy atom. The van der Waals surface area contributed by atoms with E-state index in [2.05, 4.69) is 0 Å². The molecule has 2 N–H and O–H groups in total. The molecule has 0 fully saturated rings. The van der Waals surface area contributed by atoms with E-state index in [0.29, 0.717) is 0 Å². The molecule has 1 atom stereocenters. The number of non-ortho nitro benzene ring substituents is 1. The summed E-state index contributed by atoms with van der Waals surface area (Å²) in [6.07, 6.45) is -1.14. The van der Waals surface area contributed by atoms with E-state index in [0.717, 1.165) is 6.07 Å². The molecule has 0 saturated carbocycles. The summed E-state index contributed by atoms with van der Waals surface area (Å²) in [6, 6.07) is 3.46. The van der Waals surface area contributed by atoms with Crippen molar-refractivity contribution in [1.29, 1.82) is 0 Å². The Hall–Kier alpha value is -2.64. The first kappa shape index (κ1) is 14.4. The Bertz CT molecular complexity index is 528. The average Bonchev–Trinajstić information content (AvgIpc) is 2.37. The Kier molecular flexibility index (Phi) is 4.41. The Balaban J connectivity index is 3.09. The SMILES string of the molecule is COc1ccc([N+](=O)[O-])cc1C(=O)O[C@@H](C)C(N)=O. The van der Waals surface area contributed by atoms with Crippen molar-refractivity contribution in [2.45, 2.75) is 13.0 Å². The Labute approximate surface area is 108 Å². The number of carbonyl (C=O) groups excluding carboxylic acids is 2. The van der Waals surface area contributed by atoms with Crippen LogP contribution >= 0.6 is 0 Å². The van der Waals surface area contributed by atoms with Gasteiger partial charge in [0.2, 0.25) is 0 Å². The zero-order valence-corrected chi connectivity index (χ0v) is 10.3. The lowest BCUT2D eigenvalue weighted by atomic mass is 10.2. The van der Waals surface area contributed by atoms with Gasteiger partial charge < -0.3 is 15.2 Å². The fourth-order valence-corrected chi connectivity index (χ4v) is 1.25. The van der Waals surface area contributed by atoms with Crippen LogP contribution in [0, 0.1) is 10.1 Å². The van der Waals surface area contributed by atoms with Gasteiger partial charge in [0.15, 0.2) is 6.10 Å². The normalized spacial score (nSPS) is 11.5. The monoisotopic (exact) mass is 268 g/mol. The molecule has 19 heavy (non-hydrogen) atoms. The van der Waals surface area contributed by atoms with Crippen LogP contribution in [-0.2, 0) is 9.53 Å². The molecule has 0 aliphatic heterocycles. The molecule has 8 nitrogen and oxygen atoms in total. The molecule has 8 heteroatoms. The first-order valence-electron chi connectivity index (χ1n) is 5.19. The fourth-order valence-electron chi connectivity index (χ4n) is 1.25. The average molecular weight is 268 g/mol. The number of hydrogen-bond donors (Lipinski definition) is 1. The van der Waals surface area contributed by atoms with Gasteiger partial charge in [-0.3, -0.25) is 14.9 Å². The van der Waals surface area contributed by atoms with E-state index in [1.807, 2.05) is 0 Å². The number of nitrogens with two attached hydrogens (primary N) is 1. The summed E-state index contributed by atoms with van der Waals surface area (Å²) in [5.41, 5.74) is 4.51. The number of hydrogen-bond acceptors (Lipinski definition) is 6. The number of primary amides is 1. The predicted octanol–water partition coefficient (Wildman–Crippen LogP) is 0.634. The van der Waals surface area contributed by atoms with E-state index in [4.69, 9.17) is 15.2 Å². The highest BCUT2D eigenvalue weighted by atomic mass is 16.6. The lowest BCUT2D eigenvalue weighted by Gasteiger charge is -2.11. The molecule has 1 rings (SSSR count). The lowest BCUT2D eigenvalue weighted by molar-refractivity contribution is -0.384. The molecule has 102 valence electrons. The first-order chi connectivity index (χ1) is 8.86. The number of nitro benzene ring substituents is 1. The van der Waals surface area contributed by atoms with Gasteiger partial charge in [0.05, 0.1) is 12.0 Å². The van der Waals surface area contributed by atoms with Gasteiger partial charge in [-0.1, -0.05) is 0 Å². The summed E-state index contributed by atoms with van der Waals surface area (Å²) < 4.78 is 9.66. The van der Waals surface area contributed by atoms with Crippen molar-refractivity contribution in [1.82, 2.24) is 0 Å². The number of rotatable bonds is 5. The van der Waals surface area contributed by atoms with Crippen molar-refractivity contribution in [3.63, 3.8) is 0 Å². The molecule has 0 heterocycles. The second kappa shape index (κ2) is 5.80. The minimum absolute atomic E-state index is 0.104. The fraction of sp³-hybridized carbons (Fsp3) is 0.273. The second-order valence-corrected chi connectivity index (χ2v) is 3.59. The van der Waals surface area contributed by atoms with Crippen LogP contribution in [0.5, 0.6) is 5.75 Å². The molecule has 0 radical (unpaired) electrons. The van der Waals surface area contributed by atoms with Crippen molar-refractivity contribution in [2.75, 3.05) is 7.11 Å². The molecule has 0 aliphatic rings. The third kappa shape index (κ3) is 3.41. The molecule has 1 amide bonds. The summed E-state index contributed by atoms with van der Waals surface area (Å²) >= 11 is 0. The highest BCUT2D eigenvalue weighted by Gasteiger charge is 2.22. The van der Waals surface area contributed by atoms with Crippen LogP contribution in [-0.4, -0.2) is 30.0 Å². The zero-order chi connectivity index (χ0) is 14.6. The molecular weight excluding hydrogens is 256 g/mol. The molecule has 0 unspecified atom stereocenters. The van der Waals surface area contributed by atoms with Crippen molar-refractivity contribution in [3.8, 4) is 5.75 Å². The number of nitrogens with zero attached hydrogens (tertiary/aromatic N) is 1. The number of carbonyl (C=O) groups is 2. The van der Waals surface area contributed by atoms with Crippen LogP contribution in [0.3, 0.4) is 0 Å². The van der Waals surface area contributed by atoms with Gasteiger partial charge in [-0.2, -0.15) is 0 Å². The molecule has 1 aromatic carbocycles. The smallest absolute Gasteiger partial charge is 0.342 e. The molecule has 0 aromatic heterocycles. The van der Waals surface area contributed by atoms with Crippen LogP contribution in [0.15, 0.2) is 18.2 Å². The first-order valence-corrected chi connectivity index (χ1v) is 5.19. The Morgan fingerprint density at radius 2 is 2.05 bits per heavy atom. The van der Waals surface area contributed by atoms with E-state index in [1.165, 1.54) is 26.2 Å². The standard InChI is InChI=1S/C11H12N2O6/c1-6(10(12)14)19-11(15)8-5-7(13(16)17)3-4-9(8)18-2/h3-6H,1-2H3,(H2,12,14)/t6-/m0/s1. The Morgan fingerprint density at radius 1 is 1.42 bits per heavy atom. The summed E-state index contributed by atoms with van der Waals surface area (Å²) in [5, 5.41) is 10.6. The molecule has 0 bridgehead atoms. The number of ether oxygens (including phenoxy) is 2. The molecule has 0 aliphatic carbocycles.